The minimum absolute atomic E-state index is 0.198. The van der Waals surface area contributed by atoms with Crippen LogP contribution in [0.5, 0.6) is 5.75 Å². The monoisotopic (exact) mass is 598 g/mol. The second-order valence-electron chi connectivity index (χ2n) is 8.49. The maximum atomic E-state index is 12.8. The molecule has 4 N–H and O–H groups in total. The highest BCUT2D eigenvalue weighted by Crippen LogP contribution is 2.18. The number of ether oxygens (including phenoxy) is 2. The molecule has 1 amide bonds. The van der Waals surface area contributed by atoms with Crippen LogP contribution in [0.3, 0.4) is 0 Å². The zero-order chi connectivity index (χ0) is 30.2. The maximum Gasteiger partial charge on any atom is 0.491 e. The van der Waals surface area contributed by atoms with Gasteiger partial charge in [0, 0.05) is 23.7 Å². The third-order valence-corrected chi connectivity index (χ3v) is 6.92. The third kappa shape index (κ3) is 8.60. The van der Waals surface area contributed by atoms with E-state index in [0.29, 0.717) is 25.3 Å². The Labute approximate surface area is 231 Å². The van der Waals surface area contributed by atoms with E-state index in [0.717, 1.165) is 24.6 Å². The van der Waals surface area contributed by atoms with Crippen LogP contribution < -0.4 is 26.1 Å². The lowest BCUT2D eigenvalue weighted by atomic mass is 10.2. The van der Waals surface area contributed by atoms with E-state index in [1.165, 1.54) is 40.9 Å². The number of amides is 1. The Morgan fingerprint density at radius 1 is 1.02 bits per heavy atom. The van der Waals surface area contributed by atoms with Crippen molar-refractivity contribution in [2.75, 3.05) is 19.7 Å². The number of nitrogens with zero attached hydrogens (tertiary/aromatic N) is 1. The lowest BCUT2D eigenvalue weighted by Gasteiger charge is -2.18. The summed E-state index contributed by atoms with van der Waals surface area (Å²) in [6.07, 6.45) is -2.64. The van der Waals surface area contributed by atoms with Crippen molar-refractivity contribution in [2.24, 2.45) is 5.73 Å². The van der Waals surface area contributed by atoms with E-state index in [2.05, 4.69) is 10.1 Å². The first-order valence-corrected chi connectivity index (χ1v) is 13.5. The molecule has 3 rings (SSSR count). The number of nitrogens with one attached hydrogen (secondary N) is 2. The van der Waals surface area contributed by atoms with Gasteiger partial charge >= 0.3 is 18.1 Å². The largest absolute Gasteiger partial charge is 0.492 e. The van der Waals surface area contributed by atoms with E-state index in [4.69, 9.17) is 10.5 Å². The highest BCUT2D eigenvalue weighted by molar-refractivity contribution is 7.89. The Kier molecular flexibility index (Phi) is 10.2. The van der Waals surface area contributed by atoms with Gasteiger partial charge in [-0.1, -0.05) is 18.2 Å². The molecule has 41 heavy (non-hydrogen) atoms. The Balaban J connectivity index is 1.79. The standard InChI is InChI=1S/C25H25F3N4O8S/c26-25(27,28)24(36)40-23(35)20(31-41(37,38)19-6-2-1-3-7-19)14-30-22(34)16-12-17-8-9-18(39-11-5-4-10-29)15-32(17)21(33)13-16/h1-3,6-9,12-13,15,20,31H,4-5,10-11,14,29H2,(H,30,34)/t20-/m0/s1. The van der Waals surface area contributed by atoms with Gasteiger partial charge in [0.1, 0.15) is 11.8 Å². The predicted octanol–water partition coefficient (Wildman–Crippen LogP) is 1.13. The molecule has 12 nitrogen and oxygen atoms in total. The van der Waals surface area contributed by atoms with Gasteiger partial charge in [-0.25, -0.2) is 18.0 Å². The highest BCUT2D eigenvalue weighted by Gasteiger charge is 2.44. The summed E-state index contributed by atoms with van der Waals surface area (Å²) >= 11 is 0. The molecule has 0 saturated carbocycles. The van der Waals surface area contributed by atoms with Gasteiger partial charge in [-0.05, 0) is 49.7 Å². The van der Waals surface area contributed by atoms with E-state index < -0.39 is 52.2 Å². The van der Waals surface area contributed by atoms with E-state index in [1.807, 2.05) is 4.72 Å². The number of carbonyl (C=O) groups excluding carboxylic acids is 3. The fourth-order valence-electron chi connectivity index (χ4n) is 3.40. The molecule has 0 spiro atoms. The molecule has 1 aromatic carbocycles. The maximum absolute atomic E-state index is 12.8. The van der Waals surface area contributed by atoms with Gasteiger partial charge in [0.25, 0.3) is 11.5 Å². The number of unbranched alkanes of at least 4 members (excludes halogenated alkanes) is 1. The van der Waals surface area contributed by atoms with E-state index in [9.17, 15) is 40.8 Å². The summed E-state index contributed by atoms with van der Waals surface area (Å²) in [5.41, 5.74) is 4.90. The molecule has 3 aromatic rings. The molecule has 0 saturated heterocycles. The SMILES string of the molecule is NCCCCOc1ccc2cc(C(=O)NC[C@H](NS(=O)(=O)c3ccccc3)C(=O)OC(=O)C(F)(F)F)cc(=O)n2c1. The van der Waals surface area contributed by atoms with E-state index >= 15 is 0 Å². The second-order valence-corrected chi connectivity index (χ2v) is 10.2. The van der Waals surface area contributed by atoms with Gasteiger partial charge in [-0.3, -0.25) is 14.0 Å². The van der Waals surface area contributed by atoms with Crippen molar-refractivity contribution in [3.05, 3.63) is 76.7 Å². The molecule has 2 heterocycles. The first kappa shape index (κ1) is 31.3. The Bertz CT molecular complexity index is 1580. The first-order valence-electron chi connectivity index (χ1n) is 12.0. The number of fused-ring (bicyclic) bond motifs is 1. The fourth-order valence-corrected chi connectivity index (χ4v) is 4.61. The molecule has 0 radical (unpaired) electrons. The summed E-state index contributed by atoms with van der Waals surface area (Å²) in [4.78, 5) is 48.6. The summed E-state index contributed by atoms with van der Waals surface area (Å²) < 4.78 is 75.5. The summed E-state index contributed by atoms with van der Waals surface area (Å²) in [5.74, 6) is -5.35. The normalized spacial score (nSPS) is 12.5. The average Bonchev–Trinajstić information content (AvgIpc) is 2.93. The van der Waals surface area contributed by atoms with Gasteiger partial charge < -0.3 is 20.5 Å². The molecular formula is C25H25F3N4O8S. The molecule has 0 aliphatic carbocycles. The molecule has 0 aliphatic rings. The van der Waals surface area contributed by atoms with Crippen LogP contribution in [0, 0.1) is 0 Å². The quantitative estimate of drug-likeness (QED) is 0.157. The number of hydrogen-bond donors (Lipinski definition) is 3. The van der Waals surface area contributed by atoms with Crippen LogP contribution in [0.2, 0.25) is 0 Å². The minimum atomic E-state index is -5.54. The molecule has 0 bridgehead atoms. The van der Waals surface area contributed by atoms with Gasteiger partial charge in [-0.2, -0.15) is 17.9 Å². The summed E-state index contributed by atoms with van der Waals surface area (Å²) in [6.45, 7) is -0.0359. The minimum Gasteiger partial charge on any atom is -0.492 e. The number of carbonyl (C=O) groups is 3. The van der Waals surface area contributed by atoms with Crippen LogP contribution in [0.25, 0.3) is 5.52 Å². The highest BCUT2D eigenvalue weighted by atomic mass is 32.2. The lowest BCUT2D eigenvalue weighted by molar-refractivity contribution is -0.202. The summed E-state index contributed by atoms with van der Waals surface area (Å²) in [5, 5.41) is 2.17. The molecule has 2 aromatic heterocycles. The number of hydrogen-bond acceptors (Lipinski definition) is 9. The first-order chi connectivity index (χ1) is 19.3. The Morgan fingerprint density at radius 2 is 1.73 bits per heavy atom. The molecule has 1 atom stereocenters. The Hall–Kier alpha value is -4.28. The molecule has 0 unspecified atom stereocenters. The number of rotatable bonds is 12. The van der Waals surface area contributed by atoms with E-state index in [-0.39, 0.29) is 16.0 Å². The topological polar surface area (TPSA) is 175 Å². The molecule has 16 heteroatoms. The summed E-state index contributed by atoms with van der Waals surface area (Å²) in [6, 6.07) is 9.68. The van der Waals surface area contributed by atoms with Crippen LogP contribution in [0.15, 0.2) is 70.5 Å². The predicted molar refractivity (Wildman–Crippen MR) is 137 cm³/mol. The number of benzene rings is 1. The fraction of sp³-hybridized carbons (Fsp3) is 0.280. The zero-order valence-corrected chi connectivity index (χ0v) is 22.0. The summed E-state index contributed by atoms with van der Waals surface area (Å²) in [7, 11) is -4.50. The van der Waals surface area contributed by atoms with Crippen molar-refractivity contribution in [3.63, 3.8) is 0 Å². The van der Waals surface area contributed by atoms with Crippen molar-refractivity contribution in [2.45, 2.75) is 30.0 Å². The number of alkyl halides is 3. The van der Waals surface area contributed by atoms with E-state index in [1.54, 1.807) is 6.07 Å². The van der Waals surface area contributed by atoms with Crippen LogP contribution in [0.1, 0.15) is 23.2 Å². The lowest BCUT2D eigenvalue weighted by Crippen LogP contribution is -2.50. The van der Waals surface area contributed by atoms with Crippen molar-refractivity contribution >= 4 is 33.4 Å². The van der Waals surface area contributed by atoms with Gasteiger partial charge in [0.05, 0.1) is 17.7 Å². The van der Waals surface area contributed by atoms with Crippen molar-refractivity contribution in [1.82, 2.24) is 14.4 Å². The number of nitrogens with two attached hydrogens (primary N) is 1. The molecule has 220 valence electrons. The number of sulfonamides is 1. The smallest absolute Gasteiger partial charge is 0.491 e. The average molecular weight is 599 g/mol. The van der Waals surface area contributed by atoms with Crippen molar-refractivity contribution < 1.29 is 45.4 Å². The number of halogens is 3. The van der Waals surface area contributed by atoms with Crippen molar-refractivity contribution in [1.29, 1.82) is 0 Å². The number of pyridine rings is 2. The van der Waals surface area contributed by atoms with Crippen LogP contribution in [0.4, 0.5) is 13.2 Å². The van der Waals surface area contributed by atoms with Crippen LogP contribution >= 0.6 is 0 Å². The third-order valence-electron chi connectivity index (χ3n) is 5.43. The second kappa shape index (κ2) is 13.4. The van der Waals surface area contributed by atoms with Crippen LogP contribution in [-0.2, 0) is 24.3 Å². The van der Waals surface area contributed by atoms with Gasteiger partial charge in [0.15, 0.2) is 0 Å². The van der Waals surface area contributed by atoms with Crippen molar-refractivity contribution in [3.8, 4) is 5.75 Å². The van der Waals surface area contributed by atoms with Crippen LogP contribution in [-0.4, -0.2) is 62.6 Å². The molecule has 0 aliphatic heterocycles. The number of esters is 2. The number of aromatic nitrogens is 1. The Morgan fingerprint density at radius 3 is 2.39 bits per heavy atom. The molecular weight excluding hydrogens is 573 g/mol. The molecule has 0 fully saturated rings. The van der Waals surface area contributed by atoms with Gasteiger partial charge in [0.2, 0.25) is 10.0 Å². The van der Waals surface area contributed by atoms with Gasteiger partial charge in [-0.15, -0.1) is 0 Å². The zero-order valence-electron chi connectivity index (χ0n) is 21.2.